The van der Waals surface area contributed by atoms with E-state index >= 15 is 0 Å². The number of thiocarbonyl (C=S) groups is 1. The van der Waals surface area contributed by atoms with Crippen molar-refractivity contribution in [3.63, 3.8) is 0 Å². The molecule has 1 unspecified atom stereocenters. The molecule has 98 valence electrons. The Morgan fingerprint density at radius 1 is 1.50 bits per heavy atom. The van der Waals surface area contributed by atoms with Gasteiger partial charge in [-0.25, -0.2) is 0 Å². The third kappa shape index (κ3) is 3.77. The fourth-order valence-corrected chi connectivity index (χ4v) is 2.16. The first kappa shape index (κ1) is 14.6. The van der Waals surface area contributed by atoms with Crippen molar-refractivity contribution >= 4 is 23.1 Å². The largest absolute Gasteiger partial charge is 0.393 e. The van der Waals surface area contributed by atoms with Gasteiger partial charge < -0.3 is 10.6 Å². The van der Waals surface area contributed by atoms with Crippen LogP contribution in [0.4, 0.5) is 0 Å². The zero-order chi connectivity index (χ0) is 13.7. The van der Waals surface area contributed by atoms with E-state index in [0.717, 1.165) is 5.69 Å². The van der Waals surface area contributed by atoms with Crippen molar-refractivity contribution < 1.29 is 4.79 Å². The Kier molecular flexibility index (Phi) is 5.22. The molecule has 0 spiro atoms. The minimum Gasteiger partial charge on any atom is -0.393 e. The number of amides is 1. The molecule has 4 nitrogen and oxygen atoms in total. The number of hydrogen-bond donors (Lipinski definition) is 1. The highest BCUT2D eigenvalue weighted by Gasteiger charge is 2.27. The molecule has 2 N–H and O–H groups in total. The lowest BCUT2D eigenvalue weighted by molar-refractivity contribution is -0.133. The van der Waals surface area contributed by atoms with Crippen LogP contribution in [0, 0.1) is 11.8 Å². The SMILES string of the molecule is CC(C)C(C(=O)N(C)Cc1ccccn1)C(N)=S. The summed E-state index contributed by atoms with van der Waals surface area (Å²) in [6.45, 7) is 4.35. The van der Waals surface area contributed by atoms with Crippen LogP contribution in [-0.4, -0.2) is 27.8 Å². The first-order valence-electron chi connectivity index (χ1n) is 5.87. The van der Waals surface area contributed by atoms with Crippen LogP contribution in [0.1, 0.15) is 19.5 Å². The Hall–Kier alpha value is -1.49. The van der Waals surface area contributed by atoms with Gasteiger partial charge in [0.15, 0.2) is 0 Å². The second-order valence-corrected chi connectivity index (χ2v) is 5.11. The fourth-order valence-electron chi connectivity index (χ4n) is 1.79. The maximum Gasteiger partial charge on any atom is 0.232 e. The molecule has 1 aromatic rings. The number of carbonyl (C=O) groups is 1. The normalized spacial score (nSPS) is 12.2. The van der Waals surface area contributed by atoms with E-state index in [0.29, 0.717) is 6.54 Å². The average Bonchev–Trinajstić information content (AvgIpc) is 2.29. The molecule has 0 saturated heterocycles. The van der Waals surface area contributed by atoms with Gasteiger partial charge in [0.05, 0.1) is 23.1 Å². The molecule has 1 amide bonds. The van der Waals surface area contributed by atoms with Crippen molar-refractivity contribution in [2.24, 2.45) is 17.6 Å². The highest BCUT2D eigenvalue weighted by atomic mass is 32.1. The predicted octanol–water partition coefficient (Wildman–Crippen LogP) is 1.60. The second kappa shape index (κ2) is 6.44. The monoisotopic (exact) mass is 265 g/mol. The predicted molar refractivity (Wildman–Crippen MR) is 75.8 cm³/mol. The first-order chi connectivity index (χ1) is 8.43. The van der Waals surface area contributed by atoms with Crippen LogP contribution in [0.5, 0.6) is 0 Å². The van der Waals surface area contributed by atoms with E-state index in [1.807, 2.05) is 32.0 Å². The summed E-state index contributed by atoms with van der Waals surface area (Å²) in [7, 11) is 1.74. The Labute approximate surface area is 113 Å². The molecule has 1 heterocycles. The van der Waals surface area contributed by atoms with Gasteiger partial charge in [-0.3, -0.25) is 9.78 Å². The molecular weight excluding hydrogens is 246 g/mol. The third-order valence-electron chi connectivity index (χ3n) is 2.74. The van der Waals surface area contributed by atoms with Crippen molar-refractivity contribution in [2.45, 2.75) is 20.4 Å². The number of hydrogen-bond acceptors (Lipinski definition) is 3. The van der Waals surface area contributed by atoms with Gasteiger partial charge in [-0.15, -0.1) is 0 Å². The maximum atomic E-state index is 12.3. The van der Waals surface area contributed by atoms with Crippen LogP contribution < -0.4 is 5.73 Å². The number of carbonyl (C=O) groups excluding carboxylic acids is 1. The lowest BCUT2D eigenvalue weighted by Gasteiger charge is -2.25. The van der Waals surface area contributed by atoms with E-state index in [9.17, 15) is 4.79 Å². The van der Waals surface area contributed by atoms with E-state index < -0.39 is 5.92 Å². The molecule has 0 fully saturated rings. The van der Waals surface area contributed by atoms with E-state index in [1.165, 1.54) is 0 Å². The average molecular weight is 265 g/mol. The summed E-state index contributed by atoms with van der Waals surface area (Å²) >= 11 is 4.97. The first-order valence-corrected chi connectivity index (χ1v) is 6.28. The number of rotatable bonds is 5. The summed E-state index contributed by atoms with van der Waals surface area (Å²) in [5.74, 6) is -0.363. The minimum atomic E-state index is -0.409. The summed E-state index contributed by atoms with van der Waals surface area (Å²) < 4.78 is 0. The van der Waals surface area contributed by atoms with E-state index in [4.69, 9.17) is 18.0 Å². The number of nitrogens with zero attached hydrogens (tertiary/aromatic N) is 2. The molecule has 0 aliphatic carbocycles. The van der Waals surface area contributed by atoms with Gasteiger partial charge in [0.2, 0.25) is 5.91 Å². The zero-order valence-corrected chi connectivity index (χ0v) is 11.8. The van der Waals surface area contributed by atoms with E-state index in [2.05, 4.69) is 4.98 Å². The van der Waals surface area contributed by atoms with Crippen molar-refractivity contribution in [1.29, 1.82) is 0 Å². The lowest BCUT2D eigenvalue weighted by Crippen LogP contribution is -2.41. The van der Waals surface area contributed by atoms with Crippen LogP contribution in [-0.2, 0) is 11.3 Å². The maximum absolute atomic E-state index is 12.3. The van der Waals surface area contributed by atoms with Crippen LogP contribution >= 0.6 is 12.2 Å². The Balaban J connectivity index is 2.74. The third-order valence-corrected chi connectivity index (χ3v) is 2.99. The van der Waals surface area contributed by atoms with Crippen molar-refractivity contribution in [2.75, 3.05) is 7.05 Å². The highest BCUT2D eigenvalue weighted by Crippen LogP contribution is 2.15. The fraction of sp³-hybridized carbons (Fsp3) is 0.462. The van der Waals surface area contributed by atoms with Crippen LogP contribution in [0.15, 0.2) is 24.4 Å². The van der Waals surface area contributed by atoms with E-state index in [-0.39, 0.29) is 16.8 Å². The minimum absolute atomic E-state index is 0.0526. The number of nitrogens with two attached hydrogens (primary N) is 1. The summed E-state index contributed by atoms with van der Waals surface area (Å²) in [4.78, 5) is 18.3. The molecular formula is C13H19N3OS. The molecule has 0 aromatic carbocycles. The molecule has 1 aromatic heterocycles. The summed E-state index contributed by atoms with van der Waals surface area (Å²) in [6.07, 6.45) is 1.71. The van der Waals surface area contributed by atoms with Gasteiger partial charge in [0, 0.05) is 13.2 Å². The lowest BCUT2D eigenvalue weighted by atomic mass is 9.94. The second-order valence-electron chi connectivity index (χ2n) is 4.64. The molecule has 18 heavy (non-hydrogen) atoms. The zero-order valence-electron chi connectivity index (χ0n) is 11.0. The van der Waals surface area contributed by atoms with E-state index in [1.54, 1.807) is 18.1 Å². The molecule has 5 heteroatoms. The van der Waals surface area contributed by atoms with Gasteiger partial charge in [0.1, 0.15) is 0 Å². The van der Waals surface area contributed by atoms with Gasteiger partial charge >= 0.3 is 0 Å². The van der Waals surface area contributed by atoms with Crippen molar-refractivity contribution in [3.05, 3.63) is 30.1 Å². The van der Waals surface area contributed by atoms with Crippen LogP contribution in [0.25, 0.3) is 0 Å². The summed E-state index contributed by atoms with van der Waals surface area (Å²) in [6, 6.07) is 5.63. The Morgan fingerprint density at radius 3 is 2.61 bits per heavy atom. The Bertz CT molecular complexity index is 420. The quantitative estimate of drug-likeness (QED) is 0.822. The topological polar surface area (TPSA) is 59.2 Å². The molecule has 0 bridgehead atoms. The van der Waals surface area contributed by atoms with Gasteiger partial charge in [-0.2, -0.15) is 0 Å². The Morgan fingerprint density at radius 2 is 2.17 bits per heavy atom. The smallest absolute Gasteiger partial charge is 0.232 e. The molecule has 0 aliphatic rings. The summed E-state index contributed by atoms with van der Waals surface area (Å²) in [5.41, 5.74) is 6.48. The molecule has 0 radical (unpaired) electrons. The number of aromatic nitrogens is 1. The standard InChI is InChI=1S/C13H19N3OS/c1-9(2)11(12(14)18)13(17)16(3)8-10-6-4-5-7-15-10/h4-7,9,11H,8H2,1-3H3,(H2,14,18). The van der Waals surface area contributed by atoms with Crippen LogP contribution in [0.3, 0.4) is 0 Å². The van der Waals surface area contributed by atoms with Crippen molar-refractivity contribution in [3.8, 4) is 0 Å². The molecule has 1 atom stereocenters. The number of pyridine rings is 1. The van der Waals surface area contributed by atoms with Gasteiger partial charge in [-0.1, -0.05) is 32.1 Å². The summed E-state index contributed by atoms with van der Waals surface area (Å²) in [5, 5.41) is 0. The van der Waals surface area contributed by atoms with Gasteiger partial charge in [-0.05, 0) is 18.1 Å². The molecule has 0 saturated carbocycles. The highest BCUT2D eigenvalue weighted by molar-refractivity contribution is 7.80. The molecule has 1 rings (SSSR count). The van der Waals surface area contributed by atoms with Crippen molar-refractivity contribution in [1.82, 2.24) is 9.88 Å². The molecule has 0 aliphatic heterocycles. The van der Waals surface area contributed by atoms with Crippen LogP contribution in [0.2, 0.25) is 0 Å². The van der Waals surface area contributed by atoms with Gasteiger partial charge in [0.25, 0.3) is 0 Å².